The fraction of sp³-hybridized carbons (Fsp3) is 0.348. The van der Waals surface area contributed by atoms with Gasteiger partial charge in [-0.25, -0.2) is 9.97 Å². The quantitative estimate of drug-likeness (QED) is 0.614. The normalized spacial score (nSPS) is 19.2. The lowest BCUT2D eigenvalue weighted by atomic mass is 9.91. The van der Waals surface area contributed by atoms with Crippen LogP contribution >= 0.6 is 0 Å². The Morgan fingerprint density at radius 3 is 2.88 bits per heavy atom. The number of nitrogens with zero attached hydrogens (tertiary/aromatic N) is 4. The van der Waals surface area contributed by atoms with E-state index in [-0.39, 0.29) is 17.7 Å². The largest absolute Gasteiger partial charge is 0.480 e. The summed E-state index contributed by atoms with van der Waals surface area (Å²) in [5.74, 6) is -0.155. The topological polar surface area (TPSA) is 122 Å². The van der Waals surface area contributed by atoms with Gasteiger partial charge in [0.05, 0.1) is 42.6 Å². The number of nitrogens with one attached hydrogen (secondary N) is 2. The van der Waals surface area contributed by atoms with Crippen LogP contribution in [0.25, 0.3) is 11.3 Å². The number of amides is 2. The van der Waals surface area contributed by atoms with Gasteiger partial charge in [0.2, 0.25) is 5.88 Å². The third-order valence-electron chi connectivity index (χ3n) is 6.17. The van der Waals surface area contributed by atoms with Gasteiger partial charge in [-0.15, -0.1) is 0 Å². The van der Waals surface area contributed by atoms with Gasteiger partial charge in [0.25, 0.3) is 11.8 Å². The zero-order valence-electron chi connectivity index (χ0n) is 18.6. The van der Waals surface area contributed by atoms with Gasteiger partial charge in [-0.05, 0) is 31.5 Å². The molecule has 0 bridgehead atoms. The first-order valence-electron chi connectivity index (χ1n) is 10.8. The van der Waals surface area contributed by atoms with Crippen LogP contribution < -0.4 is 15.0 Å². The van der Waals surface area contributed by atoms with Crippen LogP contribution in [-0.4, -0.2) is 58.8 Å². The summed E-state index contributed by atoms with van der Waals surface area (Å²) in [6, 6.07) is 3.57. The molecule has 0 aliphatic carbocycles. The second-order valence-corrected chi connectivity index (χ2v) is 8.12. The van der Waals surface area contributed by atoms with E-state index in [0.29, 0.717) is 59.9 Å². The minimum atomic E-state index is -0.709. The van der Waals surface area contributed by atoms with E-state index in [1.54, 1.807) is 29.6 Å². The Balaban J connectivity index is 1.66. The second kappa shape index (κ2) is 7.96. The molecule has 10 heteroatoms. The number of ether oxygens (including phenoxy) is 2. The number of carbonyl (C=O) groups is 2. The van der Waals surface area contributed by atoms with E-state index >= 15 is 0 Å². The number of aromatic amines is 1. The molecule has 1 unspecified atom stereocenters. The first-order chi connectivity index (χ1) is 16.0. The van der Waals surface area contributed by atoms with E-state index in [9.17, 15) is 9.59 Å². The number of fused-ring (bicyclic) bond motifs is 2. The van der Waals surface area contributed by atoms with Crippen molar-refractivity contribution in [3.05, 3.63) is 53.1 Å². The predicted octanol–water partition coefficient (Wildman–Crippen LogP) is 2.21. The maximum atomic E-state index is 13.5. The Hall–Kier alpha value is -3.79. The highest BCUT2D eigenvalue weighted by atomic mass is 16.5. The third kappa shape index (κ3) is 3.17. The molecule has 1 spiro atoms. The van der Waals surface area contributed by atoms with Crippen molar-refractivity contribution in [3.8, 4) is 17.1 Å². The van der Waals surface area contributed by atoms with E-state index in [4.69, 9.17) is 14.5 Å². The van der Waals surface area contributed by atoms with Crippen LogP contribution in [0, 0.1) is 6.92 Å². The first kappa shape index (κ1) is 21.1. The molecule has 33 heavy (non-hydrogen) atoms. The lowest BCUT2D eigenvalue weighted by molar-refractivity contribution is 0.0948. The van der Waals surface area contributed by atoms with Crippen molar-refractivity contribution in [1.29, 1.82) is 0 Å². The van der Waals surface area contributed by atoms with Crippen LogP contribution in [0.15, 0.2) is 30.7 Å². The number of pyridine rings is 2. The maximum absolute atomic E-state index is 13.5. The number of anilines is 1. The number of rotatable bonds is 5. The minimum absolute atomic E-state index is 0.121. The summed E-state index contributed by atoms with van der Waals surface area (Å²) < 4.78 is 11.0. The number of aryl methyl sites for hydroxylation is 1. The van der Waals surface area contributed by atoms with Crippen molar-refractivity contribution in [2.45, 2.75) is 25.8 Å². The van der Waals surface area contributed by atoms with E-state index < -0.39 is 5.54 Å². The van der Waals surface area contributed by atoms with Gasteiger partial charge >= 0.3 is 0 Å². The molecule has 3 aromatic rings. The summed E-state index contributed by atoms with van der Waals surface area (Å²) in [5, 5.41) is 9.59. The number of hydrogen-bond donors (Lipinski definition) is 2. The molecule has 2 aliphatic heterocycles. The lowest BCUT2D eigenvalue weighted by Crippen LogP contribution is -2.45. The SMILES string of the molecule is CCNC(=O)c1cc(-c2cc(C)c3c(n2)C2(CCOC2)N(c2cn[nH]c2)C3=O)cnc1OC. The molecule has 2 N–H and O–H groups in total. The van der Waals surface area contributed by atoms with Crippen molar-refractivity contribution in [2.24, 2.45) is 0 Å². The molecule has 0 aromatic carbocycles. The summed E-state index contributed by atoms with van der Waals surface area (Å²) in [7, 11) is 1.47. The van der Waals surface area contributed by atoms with Crippen LogP contribution in [-0.2, 0) is 10.3 Å². The number of hydrogen-bond acceptors (Lipinski definition) is 7. The Labute approximate surface area is 190 Å². The number of H-pyrrole nitrogens is 1. The van der Waals surface area contributed by atoms with Crippen LogP contribution in [0.1, 0.15) is 45.3 Å². The highest BCUT2D eigenvalue weighted by Crippen LogP contribution is 2.47. The standard InChI is InChI=1S/C23H24N6O4/c1-4-24-20(30)16-8-14(9-25-21(16)32-3)17-7-13(2)18-19(28-17)23(5-6-33-12-23)29(22(18)31)15-10-26-27-11-15/h7-11H,4-6,12H2,1-3H3,(H,24,30)(H,26,27). The second-order valence-electron chi connectivity index (χ2n) is 8.12. The molecule has 1 saturated heterocycles. The minimum Gasteiger partial charge on any atom is -0.480 e. The van der Waals surface area contributed by atoms with Crippen molar-refractivity contribution in [1.82, 2.24) is 25.5 Å². The molecule has 0 saturated carbocycles. The van der Waals surface area contributed by atoms with Crippen molar-refractivity contribution >= 4 is 17.5 Å². The maximum Gasteiger partial charge on any atom is 0.261 e. The molecule has 3 aromatic heterocycles. The van der Waals surface area contributed by atoms with Gasteiger partial charge in [-0.3, -0.25) is 19.6 Å². The molecule has 2 amide bonds. The van der Waals surface area contributed by atoms with E-state index in [1.807, 2.05) is 19.9 Å². The molecule has 170 valence electrons. The first-order valence-corrected chi connectivity index (χ1v) is 10.8. The molecule has 1 atom stereocenters. The molecular weight excluding hydrogens is 424 g/mol. The molecule has 10 nitrogen and oxygen atoms in total. The van der Waals surface area contributed by atoms with Gasteiger partial charge < -0.3 is 14.8 Å². The van der Waals surface area contributed by atoms with Gasteiger partial charge in [-0.1, -0.05) is 0 Å². The van der Waals surface area contributed by atoms with E-state index in [0.717, 1.165) is 5.56 Å². The Bertz CT molecular complexity index is 1230. The fourth-order valence-corrected chi connectivity index (χ4v) is 4.66. The average molecular weight is 448 g/mol. The van der Waals surface area contributed by atoms with E-state index in [2.05, 4.69) is 20.5 Å². The summed E-state index contributed by atoms with van der Waals surface area (Å²) >= 11 is 0. The number of methoxy groups -OCH3 is 1. The van der Waals surface area contributed by atoms with Crippen molar-refractivity contribution in [2.75, 3.05) is 31.8 Å². The summed E-state index contributed by atoms with van der Waals surface area (Å²) in [4.78, 5) is 37.1. The van der Waals surface area contributed by atoms with Gasteiger partial charge in [0.1, 0.15) is 11.1 Å². The smallest absolute Gasteiger partial charge is 0.261 e. The highest BCUT2D eigenvalue weighted by molar-refractivity contribution is 6.12. The Kier molecular flexibility index (Phi) is 5.09. The van der Waals surface area contributed by atoms with Crippen LogP contribution in [0.4, 0.5) is 5.69 Å². The number of aromatic nitrogens is 4. The molecular formula is C23H24N6O4. The van der Waals surface area contributed by atoms with Gasteiger partial charge in [0, 0.05) is 37.5 Å². The molecule has 5 heterocycles. The van der Waals surface area contributed by atoms with E-state index in [1.165, 1.54) is 7.11 Å². The van der Waals surface area contributed by atoms with Crippen molar-refractivity contribution in [3.63, 3.8) is 0 Å². The predicted molar refractivity (Wildman–Crippen MR) is 119 cm³/mol. The summed E-state index contributed by atoms with van der Waals surface area (Å²) in [6.07, 6.45) is 5.58. The van der Waals surface area contributed by atoms with Crippen LogP contribution in [0.2, 0.25) is 0 Å². The highest BCUT2D eigenvalue weighted by Gasteiger charge is 2.55. The Morgan fingerprint density at radius 2 is 2.21 bits per heavy atom. The summed E-state index contributed by atoms with van der Waals surface area (Å²) in [6.45, 7) is 5.09. The average Bonchev–Trinajstić information content (AvgIpc) is 3.55. The number of carbonyl (C=O) groups excluding carboxylic acids is 2. The lowest BCUT2D eigenvalue weighted by Gasteiger charge is -2.32. The molecule has 5 rings (SSSR count). The fourth-order valence-electron chi connectivity index (χ4n) is 4.66. The van der Waals surface area contributed by atoms with Gasteiger partial charge in [0.15, 0.2) is 0 Å². The Morgan fingerprint density at radius 1 is 1.36 bits per heavy atom. The molecule has 0 radical (unpaired) electrons. The molecule has 2 aliphatic rings. The zero-order valence-corrected chi connectivity index (χ0v) is 18.6. The van der Waals surface area contributed by atoms with Gasteiger partial charge in [-0.2, -0.15) is 5.10 Å². The third-order valence-corrected chi connectivity index (χ3v) is 6.17. The summed E-state index contributed by atoms with van der Waals surface area (Å²) in [5.41, 5.74) is 3.63. The monoisotopic (exact) mass is 448 g/mol. The van der Waals surface area contributed by atoms with Crippen LogP contribution in [0.5, 0.6) is 5.88 Å². The van der Waals surface area contributed by atoms with Crippen LogP contribution in [0.3, 0.4) is 0 Å². The van der Waals surface area contributed by atoms with Crippen molar-refractivity contribution < 1.29 is 19.1 Å². The zero-order chi connectivity index (χ0) is 23.2. The molecule has 1 fully saturated rings.